The molecule has 5 heteroatoms. The van der Waals surface area contributed by atoms with E-state index in [-0.39, 0.29) is 11.9 Å². The smallest absolute Gasteiger partial charge is 0.338 e. The van der Waals surface area contributed by atoms with Crippen LogP contribution in [0.25, 0.3) is 0 Å². The zero-order valence-corrected chi connectivity index (χ0v) is 13.0. The number of hydrogen-bond acceptors (Lipinski definition) is 4. The number of rotatable bonds is 6. The molecule has 0 heterocycles. The molecule has 2 aromatic rings. The summed E-state index contributed by atoms with van der Waals surface area (Å²) in [4.78, 5) is 23.7. The van der Waals surface area contributed by atoms with E-state index in [1.807, 2.05) is 30.3 Å². The predicted octanol–water partition coefficient (Wildman–Crippen LogP) is 2.37. The molecule has 0 aromatic heterocycles. The molecular weight excluding hydrogens is 292 g/mol. The standard InChI is InChI=1S/C18H20N2O3/c1-2-23-18(22)14-8-10-15(11-9-14)20-17(21)16(19)12-13-6-4-3-5-7-13/h3-11,16H,2,12,19H2,1H3,(H,20,21)/t16-/m0/s1. The van der Waals surface area contributed by atoms with Gasteiger partial charge in [0.2, 0.25) is 5.91 Å². The highest BCUT2D eigenvalue weighted by atomic mass is 16.5. The van der Waals surface area contributed by atoms with Crippen LogP contribution in [0.3, 0.4) is 0 Å². The van der Waals surface area contributed by atoms with E-state index in [9.17, 15) is 9.59 Å². The van der Waals surface area contributed by atoms with Gasteiger partial charge in [0.05, 0.1) is 18.2 Å². The molecular formula is C18H20N2O3. The minimum absolute atomic E-state index is 0.266. The lowest BCUT2D eigenvalue weighted by Crippen LogP contribution is -2.37. The molecule has 120 valence electrons. The molecule has 0 radical (unpaired) electrons. The highest BCUT2D eigenvalue weighted by Gasteiger charge is 2.14. The fraction of sp³-hybridized carbons (Fsp3) is 0.222. The summed E-state index contributed by atoms with van der Waals surface area (Å²) in [5.41, 5.74) is 7.97. The van der Waals surface area contributed by atoms with Crippen LogP contribution >= 0.6 is 0 Å². The molecule has 0 aliphatic rings. The zero-order valence-electron chi connectivity index (χ0n) is 13.0. The van der Waals surface area contributed by atoms with Crippen molar-refractivity contribution >= 4 is 17.6 Å². The van der Waals surface area contributed by atoms with E-state index in [2.05, 4.69) is 5.32 Å². The zero-order chi connectivity index (χ0) is 16.7. The maximum Gasteiger partial charge on any atom is 0.338 e. The van der Waals surface area contributed by atoms with Gasteiger partial charge in [-0.05, 0) is 43.2 Å². The molecule has 0 bridgehead atoms. The Bertz CT molecular complexity index is 654. The molecule has 2 rings (SSSR count). The van der Waals surface area contributed by atoms with Crippen molar-refractivity contribution in [3.05, 3.63) is 65.7 Å². The summed E-state index contributed by atoms with van der Waals surface area (Å²) in [7, 11) is 0. The van der Waals surface area contributed by atoms with E-state index >= 15 is 0 Å². The summed E-state index contributed by atoms with van der Waals surface area (Å²) in [6, 6.07) is 15.5. The summed E-state index contributed by atoms with van der Waals surface area (Å²) < 4.78 is 4.91. The molecule has 0 aliphatic heterocycles. The summed E-state index contributed by atoms with van der Waals surface area (Å²) in [6.45, 7) is 2.08. The maximum absolute atomic E-state index is 12.1. The van der Waals surface area contributed by atoms with E-state index < -0.39 is 6.04 Å². The fourth-order valence-corrected chi connectivity index (χ4v) is 2.10. The van der Waals surface area contributed by atoms with Gasteiger partial charge in [0.15, 0.2) is 0 Å². The minimum Gasteiger partial charge on any atom is -0.462 e. The van der Waals surface area contributed by atoms with Crippen molar-refractivity contribution in [1.82, 2.24) is 0 Å². The van der Waals surface area contributed by atoms with Gasteiger partial charge >= 0.3 is 5.97 Å². The summed E-state index contributed by atoms with van der Waals surface area (Å²) in [5, 5.41) is 2.74. The first-order valence-electron chi connectivity index (χ1n) is 7.47. The predicted molar refractivity (Wildman–Crippen MR) is 89.1 cm³/mol. The van der Waals surface area contributed by atoms with Gasteiger partial charge in [-0.25, -0.2) is 4.79 Å². The number of carbonyl (C=O) groups is 2. The average Bonchev–Trinajstić information content (AvgIpc) is 2.56. The summed E-state index contributed by atoms with van der Waals surface area (Å²) >= 11 is 0. The molecule has 23 heavy (non-hydrogen) atoms. The van der Waals surface area contributed by atoms with Gasteiger partial charge in [0.1, 0.15) is 0 Å². The lowest BCUT2D eigenvalue weighted by atomic mass is 10.1. The number of hydrogen-bond donors (Lipinski definition) is 2. The van der Waals surface area contributed by atoms with Crippen LogP contribution < -0.4 is 11.1 Å². The van der Waals surface area contributed by atoms with Gasteiger partial charge in [-0.15, -0.1) is 0 Å². The second-order valence-corrected chi connectivity index (χ2v) is 5.08. The van der Waals surface area contributed by atoms with E-state index in [0.29, 0.717) is 24.3 Å². The molecule has 1 amide bonds. The second kappa shape index (κ2) is 8.10. The van der Waals surface area contributed by atoms with Gasteiger partial charge in [0, 0.05) is 5.69 Å². The summed E-state index contributed by atoms with van der Waals surface area (Å²) in [5.74, 6) is -0.649. The van der Waals surface area contributed by atoms with Crippen molar-refractivity contribution < 1.29 is 14.3 Å². The second-order valence-electron chi connectivity index (χ2n) is 5.08. The Kier molecular flexibility index (Phi) is 5.88. The van der Waals surface area contributed by atoms with Crippen molar-refractivity contribution in [3.8, 4) is 0 Å². The van der Waals surface area contributed by atoms with Gasteiger partial charge in [-0.3, -0.25) is 4.79 Å². The van der Waals surface area contributed by atoms with Crippen molar-refractivity contribution in [1.29, 1.82) is 0 Å². The van der Waals surface area contributed by atoms with Crippen LogP contribution in [0.15, 0.2) is 54.6 Å². The Labute approximate surface area is 135 Å². The first-order valence-corrected chi connectivity index (χ1v) is 7.47. The largest absolute Gasteiger partial charge is 0.462 e. The third kappa shape index (κ3) is 4.93. The molecule has 0 spiro atoms. The van der Waals surface area contributed by atoms with E-state index in [1.165, 1.54) is 0 Å². The van der Waals surface area contributed by atoms with Gasteiger partial charge in [0.25, 0.3) is 0 Å². The van der Waals surface area contributed by atoms with Gasteiger partial charge < -0.3 is 15.8 Å². The number of nitrogens with one attached hydrogen (secondary N) is 1. The van der Waals surface area contributed by atoms with Crippen LogP contribution in [0.5, 0.6) is 0 Å². The molecule has 3 N–H and O–H groups in total. The van der Waals surface area contributed by atoms with E-state index in [0.717, 1.165) is 5.56 Å². The number of anilines is 1. The molecule has 0 aliphatic carbocycles. The minimum atomic E-state index is -0.637. The molecule has 5 nitrogen and oxygen atoms in total. The number of amides is 1. The monoisotopic (exact) mass is 312 g/mol. The topological polar surface area (TPSA) is 81.4 Å². The number of carbonyl (C=O) groups excluding carboxylic acids is 2. The number of benzene rings is 2. The third-order valence-electron chi connectivity index (χ3n) is 3.30. The molecule has 2 aromatic carbocycles. The SMILES string of the molecule is CCOC(=O)c1ccc(NC(=O)[C@@H](N)Cc2ccccc2)cc1. The number of esters is 1. The normalized spacial score (nSPS) is 11.6. The Morgan fingerprint density at radius 3 is 2.35 bits per heavy atom. The molecule has 0 saturated carbocycles. The highest BCUT2D eigenvalue weighted by Crippen LogP contribution is 2.11. The van der Waals surface area contributed by atoms with Crippen molar-refractivity contribution in [2.24, 2.45) is 5.73 Å². The molecule has 0 saturated heterocycles. The maximum atomic E-state index is 12.1. The lowest BCUT2D eigenvalue weighted by Gasteiger charge is -2.12. The van der Waals surface area contributed by atoms with Crippen LogP contribution in [0.2, 0.25) is 0 Å². The van der Waals surface area contributed by atoms with Crippen molar-refractivity contribution in [2.75, 3.05) is 11.9 Å². The quantitative estimate of drug-likeness (QED) is 0.802. The molecule has 1 atom stereocenters. The van der Waals surface area contributed by atoms with Gasteiger partial charge in [-0.2, -0.15) is 0 Å². The van der Waals surface area contributed by atoms with Crippen LogP contribution in [-0.4, -0.2) is 24.5 Å². The fourth-order valence-electron chi connectivity index (χ4n) is 2.10. The number of nitrogens with two attached hydrogens (primary N) is 1. The Morgan fingerprint density at radius 1 is 1.09 bits per heavy atom. The number of ether oxygens (including phenoxy) is 1. The summed E-state index contributed by atoms with van der Waals surface area (Å²) in [6.07, 6.45) is 0.466. The average molecular weight is 312 g/mol. The molecule has 0 unspecified atom stereocenters. The van der Waals surface area contributed by atoms with E-state index in [4.69, 9.17) is 10.5 Å². The van der Waals surface area contributed by atoms with Gasteiger partial charge in [-0.1, -0.05) is 30.3 Å². The van der Waals surface area contributed by atoms with Crippen LogP contribution in [0, 0.1) is 0 Å². The molecule has 0 fully saturated rings. The van der Waals surface area contributed by atoms with Crippen LogP contribution in [-0.2, 0) is 16.0 Å². The van der Waals surface area contributed by atoms with Crippen molar-refractivity contribution in [2.45, 2.75) is 19.4 Å². The first kappa shape index (κ1) is 16.7. The Balaban J connectivity index is 1.93. The lowest BCUT2D eigenvalue weighted by molar-refractivity contribution is -0.117. The van der Waals surface area contributed by atoms with E-state index in [1.54, 1.807) is 31.2 Å². The Morgan fingerprint density at radius 2 is 1.74 bits per heavy atom. The van der Waals surface area contributed by atoms with Crippen LogP contribution in [0.4, 0.5) is 5.69 Å². The first-order chi connectivity index (χ1) is 11.1. The van der Waals surface area contributed by atoms with Crippen molar-refractivity contribution in [3.63, 3.8) is 0 Å². The van der Waals surface area contributed by atoms with Crippen LogP contribution in [0.1, 0.15) is 22.8 Å². The highest BCUT2D eigenvalue weighted by molar-refractivity contribution is 5.95. The Hall–Kier alpha value is -2.66. The third-order valence-corrected chi connectivity index (χ3v) is 3.30.